The fourth-order valence-electron chi connectivity index (χ4n) is 5.32. The Bertz CT molecular complexity index is 1740. The molecule has 2 aromatic carbocycles. The lowest BCUT2D eigenvalue weighted by atomic mass is 9.92. The zero-order valence-electron chi connectivity index (χ0n) is 23.9. The molecule has 2 aromatic heterocycles. The number of rotatable bonds is 9. The molecule has 0 spiro atoms. The fourth-order valence-corrected chi connectivity index (χ4v) is 5.32. The van der Waals surface area contributed by atoms with Crippen molar-refractivity contribution < 1.29 is 46.1 Å². The van der Waals surface area contributed by atoms with Gasteiger partial charge in [0.25, 0.3) is 5.91 Å². The lowest BCUT2D eigenvalue weighted by Crippen LogP contribution is -2.70. The van der Waals surface area contributed by atoms with E-state index in [0.717, 1.165) is 24.0 Å². The van der Waals surface area contributed by atoms with Gasteiger partial charge in [-0.25, -0.2) is 0 Å². The van der Waals surface area contributed by atoms with Crippen LogP contribution in [0, 0.1) is 5.92 Å². The van der Waals surface area contributed by atoms with Gasteiger partial charge in [-0.1, -0.05) is 0 Å². The number of nitrogens with zero attached hydrogens (tertiary/aromatic N) is 5. The van der Waals surface area contributed by atoms with Crippen LogP contribution >= 0.6 is 0 Å². The second-order valence-corrected chi connectivity index (χ2v) is 11.1. The number of carbonyl (C=O) groups is 1. The fraction of sp³-hybridized carbons (Fsp3) is 0.414. The van der Waals surface area contributed by atoms with Crippen molar-refractivity contribution in [1.29, 1.82) is 0 Å². The highest BCUT2D eigenvalue weighted by molar-refractivity contribution is 6.04. The first kappa shape index (κ1) is 29.7. The molecule has 2 fully saturated rings. The standard InChI is InChI=1S/C29H28F5N5O5/c1-37-11-18(10-35-37)16-6-19-23(21(7-16)43-12-15-4-5-15)25(38(2)36-19)17-8-20(42-3)24(22(9-17)44-27(30)31)26(40)39-13-28(41,14-39)29(32,33)34/h6-11,15,27,41H,4-5,12-14H2,1-3H3. The van der Waals surface area contributed by atoms with Crippen LogP contribution in [0.3, 0.4) is 0 Å². The van der Waals surface area contributed by atoms with Crippen LogP contribution in [0.5, 0.6) is 17.2 Å². The highest BCUT2D eigenvalue weighted by Gasteiger charge is 2.62. The number of hydrogen-bond donors (Lipinski definition) is 1. The van der Waals surface area contributed by atoms with E-state index in [2.05, 4.69) is 10.2 Å². The molecule has 3 heterocycles. The van der Waals surface area contributed by atoms with Crippen LogP contribution in [0.25, 0.3) is 33.3 Å². The molecule has 1 N–H and O–H groups in total. The number of amides is 1. The summed E-state index contributed by atoms with van der Waals surface area (Å²) in [4.78, 5) is 14.0. The van der Waals surface area contributed by atoms with Crippen molar-refractivity contribution in [2.75, 3.05) is 26.8 Å². The minimum Gasteiger partial charge on any atom is -0.496 e. The summed E-state index contributed by atoms with van der Waals surface area (Å²) < 4.78 is 86.4. The van der Waals surface area contributed by atoms with Crippen molar-refractivity contribution in [3.8, 4) is 39.6 Å². The molecule has 15 heteroatoms. The molecule has 0 radical (unpaired) electrons. The van der Waals surface area contributed by atoms with E-state index in [0.29, 0.717) is 39.8 Å². The number of hydrogen-bond acceptors (Lipinski definition) is 7. The van der Waals surface area contributed by atoms with Gasteiger partial charge in [-0.3, -0.25) is 14.2 Å². The number of methoxy groups -OCH3 is 1. The van der Waals surface area contributed by atoms with Crippen LogP contribution in [0.4, 0.5) is 22.0 Å². The van der Waals surface area contributed by atoms with Gasteiger partial charge in [-0.2, -0.15) is 32.1 Å². The summed E-state index contributed by atoms with van der Waals surface area (Å²) in [5.41, 5.74) is -0.713. The van der Waals surface area contributed by atoms with Gasteiger partial charge in [-0.05, 0) is 48.6 Å². The van der Waals surface area contributed by atoms with E-state index >= 15 is 0 Å². The first-order chi connectivity index (χ1) is 20.8. The minimum atomic E-state index is -4.98. The quantitative estimate of drug-likeness (QED) is 0.268. The topological polar surface area (TPSA) is 104 Å². The number of benzene rings is 2. The molecule has 1 saturated carbocycles. The highest BCUT2D eigenvalue weighted by atomic mass is 19.4. The van der Waals surface area contributed by atoms with E-state index in [4.69, 9.17) is 14.2 Å². The Morgan fingerprint density at radius 3 is 2.34 bits per heavy atom. The number of alkyl halides is 5. The maximum Gasteiger partial charge on any atom is 0.420 e. The van der Waals surface area contributed by atoms with E-state index in [9.17, 15) is 31.9 Å². The van der Waals surface area contributed by atoms with E-state index in [1.54, 1.807) is 25.0 Å². The average Bonchev–Trinajstić information content (AvgIpc) is 3.56. The van der Waals surface area contributed by atoms with Gasteiger partial charge in [0.1, 0.15) is 22.8 Å². The zero-order chi connectivity index (χ0) is 31.6. The monoisotopic (exact) mass is 621 g/mol. The molecule has 10 nitrogen and oxygen atoms in total. The number of aryl methyl sites for hydroxylation is 2. The predicted molar refractivity (Wildman–Crippen MR) is 147 cm³/mol. The second kappa shape index (κ2) is 10.6. The van der Waals surface area contributed by atoms with Crippen molar-refractivity contribution in [1.82, 2.24) is 24.5 Å². The van der Waals surface area contributed by atoms with Crippen molar-refractivity contribution in [2.24, 2.45) is 20.0 Å². The number of aliphatic hydroxyl groups is 1. The highest BCUT2D eigenvalue weighted by Crippen LogP contribution is 2.45. The van der Waals surface area contributed by atoms with Crippen LogP contribution in [-0.2, 0) is 14.1 Å². The summed E-state index contributed by atoms with van der Waals surface area (Å²) in [5, 5.41) is 19.3. The maximum atomic E-state index is 13.6. The van der Waals surface area contributed by atoms with Crippen molar-refractivity contribution >= 4 is 16.8 Å². The Morgan fingerprint density at radius 2 is 1.75 bits per heavy atom. The van der Waals surface area contributed by atoms with Crippen molar-refractivity contribution in [3.05, 3.63) is 42.2 Å². The van der Waals surface area contributed by atoms with Crippen LogP contribution in [0.15, 0.2) is 36.7 Å². The van der Waals surface area contributed by atoms with Gasteiger partial charge in [-0.15, -0.1) is 0 Å². The molecule has 1 saturated heterocycles. The van der Waals surface area contributed by atoms with Crippen molar-refractivity contribution in [3.63, 3.8) is 0 Å². The number of carbonyl (C=O) groups excluding carboxylic acids is 1. The molecule has 2 aliphatic rings. The summed E-state index contributed by atoms with van der Waals surface area (Å²) in [6.45, 7) is -5.03. The Balaban J connectivity index is 1.47. The van der Waals surface area contributed by atoms with Gasteiger partial charge in [0, 0.05) is 31.4 Å². The summed E-state index contributed by atoms with van der Waals surface area (Å²) in [7, 11) is 4.64. The molecule has 4 aromatic rings. The lowest BCUT2D eigenvalue weighted by Gasteiger charge is -2.47. The molecule has 0 unspecified atom stereocenters. The van der Waals surface area contributed by atoms with E-state index in [1.165, 1.54) is 23.9 Å². The molecule has 1 aliphatic carbocycles. The summed E-state index contributed by atoms with van der Waals surface area (Å²) in [5.74, 6) is -0.975. The predicted octanol–water partition coefficient (Wildman–Crippen LogP) is 4.79. The lowest BCUT2D eigenvalue weighted by molar-refractivity contribution is -0.294. The number of likely N-dealkylation sites (tertiary alicyclic amines) is 1. The summed E-state index contributed by atoms with van der Waals surface area (Å²) in [6.07, 6.45) is 0.667. The van der Waals surface area contributed by atoms with Gasteiger partial charge in [0.15, 0.2) is 5.60 Å². The second-order valence-electron chi connectivity index (χ2n) is 11.1. The number of fused-ring (bicyclic) bond motifs is 1. The Hall–Kier alpha value is -4.40. The molecular formula is C29H28F5N5O5. The molecule has 1 amide bonds. The van der Waals surface area contributed by atoms with E-state index in [1.807, 2.05) is 18.3 Å². The Morgan fingerprint density at radius 1 is 1.07 bits per heavy atom. The Kier molecular flexibility index (Phi) is 7.18. The Labute approximate surface area is 247 Å². The number of ether oxygens (including phenoxy) is 3. The smallest absolute Gasteiger partial charge is 0.420 e. The van der Waals surface area contributed by atoms with E-state index in [-0.39, 0.29) is 11.3 Å². The maximum absolute atomic E-state index is 13.6. The molecule has 234 valence electrons. The third-order valence-corrected chi connectivity index (χ3v) is 7.82. The van der Waals surface area contributed by atoms with Crippen LogP contribution in [0.1, 0.15) is 23.2 Å². The first-order valence-electron chi connectivity index (χ1n) is 13.7. The van der Waals surface area contributed by atoms with Gasteiger partial charge in [0.05, 0.1) is 49.6 Å². The van der Waals surface area contributed by atoms with Crippen molar-refractivity contribution in [2.45, 2.75) is 31.2 Å². The van der Waals surface area contributed by atoms with Crippen LogP contribution < -0.4 is 14.2 Å². The van der Waals surface area contributed by atoms with E-state index < -0.39 is 48.7 Å². The molecular weight excluding hydrogens is 593 g/mol. The normalized spacial score (nSPS) is 16.4. The molecule has 0 bridgehead atoms. The third-order valence-electron chi connectivity index (χ3n) is 7.82. The molecule has 0 atom stereocenters. The number of halogens is 5. The largest absolute Gasteiger partial charge is 0.496 e. The zero-order valence-corrected chi connectivity index (χ0v) is 23.9. The van der Waals surface area contributed by atoms with Crippen LogP contribution in [0.2, 0.25) is 0 Å². The molecule has 44 heavy (non-hydrogen) atoms. The SMILES string of the molecule is COc1cc(-c2c3c(OCC4CC4)cc(-c4cnn(C)c4)cc3nn2C)cc(OC(F)F)c1C(=O)N1CC(O)(C(F)(F)F)C1. The number of β-amino-alcohol motifs (C(OH)–C–C–N with tert-alkyl or cyclic N) is 1. The third kappa shape index (κ3) is 5.29. The molecule has 6 rings (SSSR count). The minimum absolute atomic E-state index is 0.215. The summed E-state index contributed by atoms with van der Waals surface area (Å²) in [6, 6.07) is 6.28. The summed E-state index contributed by atoms with van der Waals surface area (Å²) >= 11 is 0. The van der Waals surface area contributed by atoms with Crippen LogP contribution in [-0.4, -0.2) is 80.7 Å². The average molecular weight is 622 g/mol. The van der Waals surface area contributed by atoms with Gasteiger partial charge >= 0.3 is 12.8 Å². The van der Waals surface area contributed by atoms with Gasteiger partial charge in [0.2, 0.25) is 0 Å². The first-order valence-corrected chi connectivity index (χ1v) is 13.7. The van der Waals surface area contributed by atoms with Gasteiger partial charge < -0.3 is 24.2 Å². The molecule has 1 aliphatic heterocycles. The number of aromatic nitrogens is 4.